The number of hydrogen-bond donors (Lipinski definition) is 0. The minimum absolute atomic E-state index is 0.0558. The number of esters is 1. The molecule has 0 fully saturated rings. The van der Waals surface area contributed by atoms with Gasteiger partial charge in [-0.1, -0.05) is 23.7 Å². The summed E-state index contributed by atoms with van der Waals surface area (Å²) in [6.45, 7) is 0.0558. The number of halogens is 1. The zero-order chi connectivity index (χ0) is 14.7. The van der Waals surface area contributed by atoms with Gasteiger partial charge in [-0.15, -0.1) is 11.3 Å². The van der Waals surface area contributed by atoms with Gasteiger partial charge < -0.3 is 9.15 Å². The molecular weight excluding hydrogens is 310 g/mol. The Labute approximate surface area is 130 Å². The minimum atomic E-state index is -0.446. The molecule has 4 nitrogen and oxygen atoms in total. The minimum Gasteiger partial charge on any atom is -0.455 e. The van der Waals surface area contributed by atoms with Gasteiger partial charge in [0.15, 0.2) is 0 Å². The van der Waals surface area contributed by atoms with Gasteiger partial charge in [0, 0.05) is 5.02 Å². The highest BCUT2D eigenvalue weighted by atomic mass is 35.5. The molecule has 2 aromatic heterocycles. The normalized spacial score (nSPS) is 10.5. The molecule has 0 aliphatic rings. The van der Waals surface area contributed by atoms with Crippen molar-refractivity contribution < 1.29 is 13.9 Å². The van der Waals surface area contributed by atoms with E-state index in [2.05, 4.69) is 4.98 Å². The second-order valence-electron chi connectivity index (χ2n) is 4.21. The summed E-state index contributed by atoms with van der Waals surface area (Å²) in [5, 5.41) is 2.43. The van der Waals surface area contributed by atoms with Crippen molar-refractivity contribution in [2.75, 3.05) is 0 Å². The molecule has 0 radical (unpaired) electrons. The first-order chi connectivity index (χ1) is 10.2. The Morgan fingerprint density at radius 3 is 3.00 bits per heavy atom. The summed E-state index contributed by atoms with van der Waals surface area (Å²) in [5.41, 5.74) is 0.971. The van der Waals surface area contributed by atoms with Crippen LogP contribution in [0.3, 0.4) is 0 Å². The molecule has 0 unspecified atom stereocenters. The van der Waals surface area contributed by atoms with Gasteiger partial charge in [-0.05, 0) is 29.6 Å². The molecule has 0 bridgehead atoms. The molecule has 3 aromatic rings. The summed E-state index contributed by atoms with van der Waals surface area (Å²) >= 11 is 7.37. The molecule has 0 atom stereocenters. The van der Waals surface area contributed by atoms with E-state index < -0.39 is 5.97 Å². The van der Waals surface area contributed by atoms with Crippen LogP contribution in [0.15, 0.2) is 52.5 Å². The zero-order valence-electron chi connectivity index (χ0n) is 10.8. The monoisotopic (exact) mass is 319 g/mol. The second-order valence-corrected chi connectivity index (χ2v) is 5.59. The molecule has 0 saturated heterocycles. The largest absolute Gasteiger partial charge is 0.455 e. The van der Waals surface area contributed by atoms with Gasteiger partial charge in [-0.3, -0.25) is 0 Å². The topological polar surface area (TPSA) is 52.3 Å². The van der Waals surface area contributed by atoms with E-state index in [1.807, 2.05) is 17.5 Å². The third-order valence-corrected chi connectivity index (χ3v) is 3.79. The molecule has 21 heavy (non-hydrogen) atoms. The number of rotatable bonds is 4. The molecule has 3 rings (SSSR count). The van der Waals surface area contributed by atoms with Gasteiger partial charge >= 0.3 is 5.97 Å². The number of carbonyl (C=O) groups is 1. The molecule has 106 valence electrons. The average Bonchev–Trinajstić information content (AvgIpc) is 3.15. The zero-order valence-corrected chi connectivity index (χ0v) is 12.4. The smallest absolute Gasteiger partial charge is 0.338 e. The molecule has 0 amide bonds. The first kappa shape index (κ1) is 13.9. The van der Waals surface area contributed by atoms with Crippen LogP contribution >= 0.6 is 22.9 Å². The average molecular weight is 320 g/mol. The quantitative estimate of drug-likeness (QED) is 0.668. The van der Waals surface area contributed by atoms with Gasteiger partial charge in [0.25, 0.3) is 0 Å². The molecule has 0 aliphatic heterocycles. The molecule has 0 N–H and O–H groups in total. The maximum atomic E-state index is 11.9. The second kappa shape index (κ2) is 6.11. The highest BCUT2D eigenvalue weighted by Gasteiger charge is 2.11. The Hall–Kier alpha value is -2.11. The molecule has 0 saturated carbocycles. The number of hydrogen-bond acceptors (Lipinski definition) is 5. The molecule has 0 aliphatic carbocycles. The maximum absolute atomic E-state index is 11.9. The molecule has 2 heterocycles. The van der Waals surface area contributed by atoms with Crippen molar-refractivity contribution in [3.8, 4) is 10.8 Å². The van der Waals surface area contributed by atoms with Crippen molar-refractivity contribution in [1.29, 1.82) is 0 Å². The number of aromatic nitrogens is 1. The van der Waals surface area contributed by atoms with E-state index in [0.29, 0.717) is 22.2 Å². The lowest BCUT2D eigenvalue weighted by atomic mass is 10.2. The Kier molecular flexibility index (Phi) is 4.03. The van der Waals surface area contributed by atoms with Crippen LogP contribution in [0, 0.1) is 0 Å². The lowest BCUT2D eigenvalue weighted by Gasteiger charge is -2.02. The van der Waals surface area contributed by atoms with Crippen LogP contribution in [-0.4, -0.2) is 11.0 Å². The summed E-state index contributed by atoms with van der Waals surface area (Å²) in [6.07, 6.45) is 1.49. The van der Waals surface area contributed by atoms with Crippen molar-refractivity contribution in [3.63, 3.8) is 0 Å². The van der Waals surface area contributed by atoms with Crippen molar-refractivity contribution >= 4 is 28.9 Å². The maximum Gasteiger partial charge on any atom is 0.338 e. The van der Waals surface area contributed by atoms with Gasteiger partial charge in [-0.25, -0.2) is 9.78 Å². The van der Waals surface area contributed by atoms with Crippen LogP contribution in [0.4, 0.5) is 0 Å². The predicted molar refractivity (Wildman–Crippen MR) is 80.4 cm³/mol. The molecular formula is C15H10ClNO3S. The van der Waals surface area contributed by atoms with Crippen LogP contribution in [0.1, 0.15) is 16.1 Å². The van der Waals surface area contributed by atoms with Crippen LogP contribution in [0.5, 0.6) is 0 Å². The number of benzene rings is 1. The van der Waals surface area contributed by atoms with E-state index in [9.17, 15) is 4.79 Å². The van der Waals surface area contributed by atoms with Gasteiger partial charge in [0.05, 0.1) is 10.4 Å². The fourth-order valence-electron chi connectivity index (χ4n) is 1.72. The number of thiophene rings is 1. The van der Waals surface area contributed by atoms with E-state index in [0.717, 1.165) is 4.88 Å². The van der Waals surface area contributed by atoms with E-state index in [4.69, 9.17) is 20.8 Å². The third kappa shape index (κ3) is 3.32. The summed E-state index contributed by atoms with van der Waals surface area (Å²) in [5.74, 6) is 0.0805. The summed E-state index contributed by atoms with van der Waals surface area (Å²) < 4.78 is 10.5. The molecule has 6 heteroatoms. The van der Waals surface area contributed by atoms with E-state index in [-0.39, 0.29) is 6.61 Å². The highest BCUT2D eigenvalue weighted by Crippen LogP contribution is 2.23. The predicted octanol–water partition coefficient (Wildman–Crippen LogP) is 4.41. The van der Waals surface area contributed by atoms with Crippen molar-refractivity contribution in [1.82, 2.24) is 4.98 Å². The van der Waals surface area contributed by atoms with Crippen molar-refractivity contribution in [2.24, 2.45) is 0 Å². The third-order valence-electron chi connectivity index (χ3n) is 2.70. The number of oxazole rings is 1. The summed E-state index contributed by atoms with van der Waals surface area (Å²) in [4.78, 5) is 17.1. The van der Waals surface area contributed by atoms with E-state index >= 15 is 0 Å². The standard InChI is InChI=1S/C15H10ClNO3S/c16-11-4-1-3-10(7-11)15(18)20-9-12-8-19-14(17-12)13-5-2-6-21-13/h1-8H,9H2. The SMILES string of the molecule is O=C(OCc1coc(-c2cccs2)n1)c1cccc(Cl)c1. The fraction of sp³-hybridized carbons (Fsp3) is 0.0667. The Bertz CT molecular complexity index is 752. The highest BCUT2D eigenvalue weighted by molar-refractivity contribution is 7.13. The van der Waals surface area contributed by atoms with Gasteiger partial charge in [-0.2, -0.15) is 0 Å². The first-order valence-electron chi connectivity index (χ1n) is 6.13. The van der Waals surface area contributed by atoms with Crippen LogP contribution in [0.2, 0.25) is 5.02 Å². The Morgan fingerprint density at radius 2 is 2.24 bits per heavy atom. The van der Waals surface area contributed by atoms with Crippen LogP contribution in [-0.2, 0) is 11.3 Å². The van der Waals surface area contributed by atoms with Crippen LogP contribution < -0.4 is 0 Å². The molecule has 0 spiro atoms. The number of carbonyl (C=O) groups excluding carboxylic acids is 1. The van der Waals surface area contributed by atoms with Crippen molar-refractivity contribution in [2.45, 2.75) is 6.61 Å². The van der Waals surface area contributed by atoms with Crippen LogP contribution in [0.25, 0.3) is 10.8 Å². The van der Waals surface area contributed by atoms with E-state index in [1.165, 1.54) is 17.6 Å². The van der Waals surface area contributed by atoms with Gasteiger partial charge in [0.1, 0.15) is 18.6 Å². The number of nitrogens with zero attached hydrogens (tertiary/aromatic N) is 1. The Balaban J connectivity index is 1.64. The summed E-state index contributed by atoms with van der Waals surface area (Å²) in [7, 11) is 0. The van der Waals surface area contributed by atoms with E-state index in [1.54, 1.807) is 24.3 Å². The van der Waals surface area contributed by atoms with Gasteiger partial charge in [0.2, 0.25) is 5.89 Å². The first-order valence-corrected chi connectivity index (χ1v) is 7.39. The fourth-order valence-corrected chi connectivity index (χ4v) is 2.57. The van der Waals surface area contributed by atoms with Crippen molar-refractivity contribution in [3.05, 3.63) is 64.3 Å². The Morgan fingerprint density at radius 1 is 1.33 bits per heavy atom. The molecule has 1 aromatic carbocycles. The lowest BCUT2D eigenvalue weighted by Crippen LogP contribution is -2.05. The summed E-state index contributed by atoms with van der Waals surface area (Å²) in [6, 6.07) is 10.4. The number of ether oxygens (including phenoxy) is 1. The lowest BCUT2D eigenvalue weighted by molar-refractivity contribution is 0.0468.